The molecular formula is C18H14Br2FN. The number of benzene rings is 2. The smallest absolute Gasteiger partial charge is 0.147 e. The van der Waals surface area contributed by atoms with Gasteiger partial charge in [-0.3, -0.25) is 0 Å². The molecule has 4 heteroatoms. The van der Waals surface area contributed by atoms with Gasteiger partial charge in [0.2, 0.25) is 0 Å². The molecular weight excluding hydrogens is 409 g/mol. The molecule has 0 bridgehead atoms. The molecule has 1 N–H and O–H groups in total. The van der Waals surface area contributed by atoms with E-state index in [4.69, 9.17) is 0 Å². The van der Waals surface area contributed by atoms with Crippen LogP contribution in [0.5, 0.6) is 0 Å². The normalized spacial score (nSPS) is 25.5. The van der Waals surface area contributed by atoms with E-state index in [1.165, 1.54) is 11.6 Å². The van der Waals surface area contributed by atoms with Gasteiger partial charge in [-0.2, -0.15) is 0 Å². The van der Waals surface area contributed by atoms with E-state index in [-0.39, 0.29) is 17.8 Å². The van der Waals surface area contributed by atoms with Crippen molar-refractivity contribution in [3.63, 3.8) is 0 Å². The fraction of sp³-hybridized carbons (Fsp3) is 0.222. The molecule has 0 amide bonds. The largest absolute Gasteiger partial charge is 0.375 e. The summed E-state index contributed by atoms with van der Waals surface area (Å²) in [6, 6.07) is 11.9. The Bertz CT molecular complexity index is 772. The van der Waals surface area contributed by atoms with Crippen LogP contribution in [-0.4, -0.2) is 0 Å². The summed E-state index contributed by atoms with van der Waals surface area (Å²) in [4.78, 5) is 0. The lowest BCUT2D eigenvalue weighted by Gasteiger charge is -2.38. The van der Waals surface area contributed by atoms with Crippen LogP contribution in [0.25, 0.3) is 0 Å². The number of allylic oxidation sites excluding steroid dienone is 2. The van der Waals surface area contributed by atoms with Crippen LogP contribution >= 0.6 is 31.9 Å². The van der Waals surface area contributed by atoms with E-state index < -0.39 is 0 Å². The van der Waals surface area contributed by atoms with Crippen molar-refractivity contribution < 1.29 is 4.39 Å². The minimum Gasteiger partial charge on any atom is -0.375 e. The lowest BCUT2D eigenvalue weighted by Crippen LogP contribution is -2.30. The Morgan fingerprint density at radius 1 is 1.09 bits per heavy atom. The Morgan fingerprint density at radius 3 is 2.73 bits per heavy atom. The highest BCUT2D eigenvalue weighted by molar-refractivity contribution is 9.10. The van der Waals surface area contributed by atoms with Crippen molar-refractivity contribution in [2.24, 2.45) is 5.92 Å². The van der Waals surface area contributed by atoms with Gasteiger partial charge in [0.05, 0.1) is 11.7 Å². The predicted octanol–water partition coefficient (Wildman–Crippen LogP) is 6.18. The highest BCUT2D eigenvalue weighted by Gasteiger charge is 2.39. The van der Waals surface area contributed by atoms with Crippen LogP contribution in [0.4, 0.5) is 10.1 Å². The maximum atomic E-state index is 14.5. The van der Waals surface area contributed by atoms with Crippen LogP contribution in [0.15, 0.2) is 57.5 Å². The Morgan fingerprint density at radius 2 is 1.91 bits per heavy atom. The molecule has 3 atom stereocenters. The van der Waals surface area contributed by atoms with E-state index >= 15 is 0 Å². The Hall–Kier alpha value is -1.13. The quantitative estimate of drug-likeness (QED) is 0.541. The number of rotatable bonds is 1. The molecule has 1 aliphatic carbocycles. The summed E-state index contributed by atoms with van der Waals surface area (Å²) in [5.74, 6) is 0.487. The zero-order valence-corrected chi connectivity index (χ0v) is 14.9. The van der Waals surface area contributed by atoms with Crippen LogP contribution in [-0.2, 0) is 0 Å². The van der Waals surface area contributed by atoms with Crippen LogP contribution < -0.4 is 5.32 Å². The van der Waals surface area contributed by atoms with Gasteiger partial charge in [-0.05, 0) is 41.7 Å². The van der Waals surface area contributed by atoms with Crippen molar-refractivity contribution in [3.05, 3.63) is 74.4 Å². The first kappa shape index (κ1) is 14.5. The van der Waals surface area contributed by atoms with Gasteiger partial charge in [0.15, 0.2) is 0 Å². The maximum absolute atomic E-state index is 14.5. The average molecular weight is 423 g/mol. The molecule has 0 unspecified atom stereocenters. The molecule has 2 aliphatic rings. The Labute approximate surface area is 145 Å². The van der Waals surface area contributed by atoms with Crippen LogP contribution in [0.1, 0.15) is 29.5 Å². The zero-order chi connectivity index (χ0) is 15.3. The van der Waals surface area contributed by atoms with E-state index in [1.807, 2.05) is 24.3 Å². The molecule has 1 nitrogen and oxygen atoms in total. The van der Waals surface area contributed by atoms with Gasteiger partial charge in [0.1, 0.15) is 5.82 Å². The highest BCUT2D eigenvalue weighted by atomic mass is 79.9. The first-order valence-electron chi connectivity index (χ1n) is 7.31. The fourth-order valence-electron chi connectivity index (χ4n) is 3.66. The Balaban J connectivity index is 1.86. The molecule has 0 aromatic heterocycles. The summed E-state index contributed by atoms with van der Waals surface area (Å²) >= 11 is 7.05. The van der Waals surface area contributed by atoms with Crippen LogP contribution in [0.2, 0.25) is 0 Å². The van der Waals surface area contributed by atoms with Crippen molar-refractivity contribution in [3.8, 4) is 0 Å². The van der Waals surface area contributed by atoms with Crippen LogP contribution in [0.3, 0.4) is 0 Å². The van der Waals surface area contributed by atoms with Crippen molar-refractivity contribution in [2.75, 3.05) is 5.32 Å². The summed E-state index contributed by atoms with van der Waals surface area (Å²) in [6.07, 6.45) is 5.45. The molecule has 4 rings (SSSR count). The lowest BCUT2D eigenvalue weighted by atomic mass is 9.77. The predicted molar refractivity (Wildman–Crippen MR) is 94.6 cm³/mol. The third-order valence-electron chi connectivity index (χ3n) is 4.63. The number of hydrogen-bond acceptors (Lipinski definition) is 1. The van der Waals surface area contributed by atoms with E-state index in [1.54, 1.807) is 0 Å². The molecule has 0 saturated heterocycles. The van der Waals surface area contributed by atoms with Gasteiger partial charge >= 0.3 is 0 Å². The second-order valence-electron chi connectivity index (χ2n) is 5.85. The third kappa shape index (κ3) is 2.24. The minimum absolute atomic E-state index is 0.110. The van der Waals surface area contributed by atoms with E-state index in [9.17, 15) is 4.39 Å². The summed E-state index contributed by atoms with van der Waals surface area (Å²) in [5.41, 5.74) is 2.87. The third-order valence-corrected chi connectivity index (χ3v) is 5.81. The molecule has 0 saturated carbocycles. The molecule has 2 aromatic rings. The van der Waals surface area contributed by atoms with Gasteiger partial charge in [-0.25, -0.2) is 4.39 Å². The second-order valence-corrected chi connectivity index (χ2v) is 7.62. The second kappa shape index (κ2) is 5.50. The topological polar surface area (TPSA) is 12.0 Å². The first-order valence-corrected chi connectivity index (χ1v) is 8.90. The minimum atomic E-state index is -0.194. The summed E-state index contributed by atoms with van der Waals surface area (Å²) in [7, 11) is 0. The zero-order valence-electron chi connectivity index (χ0n) is 11.7. The molecule has 1 heterocycles. The van der Waals surface area contributed by atoms with Crippen molar-refractivity contribution >= 4 is 37.5 Å². The molecule has 22 heavy (non-hydrogen) atoms. The molecule has 0 spiro atoms. The monoisotopic (exact) mass is 421 g/mol. The number of anilines is 1. The van der Waals surface area contributed by atoms with Gasteiger partial charge < -0.3 is 5.32 Å². The van der Waals surface area contributed by atoms with Crippen molar-refractivity contribution in [2.45, 2.75) is 18.4 Å². The average Bonchev–Trinajstić information content (AvgIpc) is 2.97. The standard InChI is InChI=1S/C18H14Br2FN/c19-10-8-14-11-5-3-6-12(11)17(22-18(14)16(21)9-10)13-4-1-2-7-15(13)20/h1-5,7-9,11-12,17,22H,6H2/t11-,12+,17+/m1/s1. The molecule has 0 radical (unpaired) electrons. The Kier molecular flexibility index (Phi) is 3.61. The molecule has 1 aliphatic heterocycles. The summed E-state index contributed by atoms with van der Waals surface area (Å²) < 4.78 is 16.3. The summed E-state index contributed by atoms with van der Waals surface area (Å²) in [5, 5.41) is 3.46. The van der Waals surface area contributed by atoms with Gasteiger partial charge in [0.25, 0.3) is 0 Å². The van der Waals surface area contributed by atoms with Crippen molar-refractivity contribution in [1.82, 2.24) is 0 Å². The van der Waals surface area contributed by atoms with Gasteiger partial charge in [0, 0.05) is 14.9 Å². The van der Waals surface area contributed by atoms with Crippen LogP contribution in [0, 0.1) is 11.7 Å². The molecule has 112 valence electrons. The van der Waals surface area contributed by atoms with Crippen molar-refractivity contribution in [1.29, 1.82) is 0 Å². The molecule has 2 aromatic carbocycles. The fourth-order valence-corrected chi connectivity index (χ4v) is 4.64. The summed E-state index contributed by atoms with van der Waals surface area (Å²) in [6.45, 7) is 0. The lowest BCUT2D eigenvalue weighted by molar-refractivity contribution is 0.419. The SMILES string of the molecule is Fc1cc(Br)cc2c1N[C@H](c1ccccc1Br)[C@H]1CC=C[C@@H]21. The number of fused-ring (bicyclic) bond motifs is 3. The van der Waals surface area contributed by atoms with Gasteiger partial charge in [-0.15, -0.1) is 0 Å². The first-order chi connectivity index (χ1) is 10.6. The van der Waals surface area contributed by atoms with E-state index in [0.717, 1.165) is 20.9 Å². The van der Waals surface area contributed by atoms with E-state index in [0.29, 0.717) is 11.6 Å². The number of halogens is 3. The maximum Gasteiger partial charge on any atom is 0.147 e. The number of nitrogens with one attached hydrogen (secondary N) is 1. The highest BCUT2D eigenvalue weighted by Crippen LogP contribution is 2.51. The molecule has 0 fully saturated rings. The van der Waals surface area contributed by atoms with E-state index in [2.05, 4.69) is 55.4 Å². The number of hydrogen-bond donors (Lipinski definition) is 1. The van der Waals surface area contributed by atoms with Gasteiger partial charge in [-0.1, -0.05) is 62.2 Å².